The second-order valence-corrected chi connectivity index (χ2v) is 9.62. The molecule has 0 aliphatic carbocycles. The highest BCUT2D eigenvalue weighted by atomic mass is 35.5. The molecule has 4 aromatic rings. The number of anilines is 1. The number of ether oxygens (including phenoxy) is 4. The van der Waals surface area contributed by atoms with Gasteiger partial charge in [0.05, 0.1) is 0 Å². The molecule has 16 heteroatoms. The summed E-state index contributed by atoms with van der Waals surface area (Å²) in [6.45, 7) is 2.04. The molecule has 0 amide bonds. The van der Waals surface area contributed by atoms with Crippen molar-refractivity contribution in [2.45, 2.75) is 44.4 Å². The third kappa shape index (κ3) is 6.73. The lowest BCUT2D eigenvalue weighted by Crippen LogP contribution is -2.38. The van der Waals surface area contributed by atoms with Crippen LogP contribution in [-0.2, 0) is 6.54 Å². The highest BCUT2D eigenvalue weighted by Gasteiger charge is 2.31. The molecule has 1 fully saturated rings. The summed E-state index contributed by atoms with van der Waals surface area (Å²) in [5.74, 6) is 0.503. The molecule has 2 aromatic carbocycles. The van der Waals surface area contributed by atoms with E-state index >= 15 is 0 Å². The van der Waals surface area contributed by atoms with Crippen molar-refractivity contribution in [3.05, 3.63) is 58.8 Å². The molecular formula is C26H25ClF3N5O7. The predicted octanol–water partition coefficient (Wildman–Crippen LogP) is 5.53. The van der Waals surface area contributed by atoms with Crippen LogP contribution in [0.3, 0.4) is 0 Å². The lowest BCUT2D eigenvalue weighted by atomic mass is 10.1. The molecule has 6 rings (SSSR count). The van der Waals surface area contributed by atoms with Crippen LogP contribution in [0.25, 0.3) is 11.1 Å². The fraction of sp³-hybridized carbons (Fsp3) is 0.385. The van der Waals surface area contributed by atoms with E-state index in [0.29, 0.717) is 67.5 Å². The van der Waals surface area contributed by atoms with Gasteiger partial charge in [0.1, 0.15) is 47.8 Å². The summed E-state index contributed by atoms with van der Waals surface area (Å²) in [6, 6.07) is 11.4. The second kappa shape index (κ2) is 11.8. The molecule has 2 aliphatic heterocycles. The molecule has 2 aromatic heterocycles. The fourth-order valence-corrected chi connectivity index (χ4v) is 4.72. The standard InChI is InChI=1S/C26H24F3N5O7.ClH/c27-26(28,29)41-18-3-1-16(2-4-18)38-17-7-10-32(11-8-17)24-30-21-13-19(5-6-22(21)40-24)37-15-20-9-12-33-14-23(34(35)36)31-25(33)39-20;/h1-6,13-14,17,20H,7-12,15H2;1H/t20-;/m1./s1. The van der Waals surface area contributed by atoms with Crippen LogP contribution in [-0.4, -0.2) is 57.7 Å². The molecule has 1 saturated heterocycles. The van der Waals surface area contributed by atoms with Crippen LogP contribution in [0.5, 0.6) is 23.3 Å². The maximum absolute atomic E-state index is 12.3. The number of halogens is 4. The minimum Gasteiger partial charge on any atom is -0.490 e. The van der Waals surface area contributed by atoms with Crippen molar-refractivity contribution in [2.75, 3.05) is 24.6 Å². The SMILES string of the molecule is Cl.O=[N+]([O-])c1cn2c(n1)O[C@@H](COc1ccc3oc(N4CCC(Oc5ccc(OC(F)(F)F)cc5)CC4)nc3c1)CC2. The number of fused-ring (bicyclic) bond motifs is 2. The Labute approximate surface area is 242 Å². The number of piperidine rings is 1. The molecule has 2 aliphatic rings. The summed E-state index contributed by atoms with van der Waals surface area (Å²) in [5, 5.41) is 10.9. The van der Waals surface area contributed by atoms with E-state index in [1.807, 2.05) is 4.90 Å². The molecule has 4 heterocycles. The monoisotopic (exact) mass is 611 g/mol. The van der Waals surface area contributed by atoms with E-state index in [0.717, 1.165) is 0 Å². The van der Waals surface area contributed by atoms with Crippen LogP contribution in [0.4, 0.5) is 25.0 Å². The Balaban J connectivity index is 0.00000353. The van der Waals surface area contributed by atoms with Gasteiger partial charge < -0.3 is 38.4 Å². The Morgan fingerprint density at radius 3 is 2.43 bits per heavy atom. The quantitative estimate of drug-likeness (QED) is 0.185. The molecule has 0 radical (unpaired) electrons. The summed E-state index contributed by atoms with van der Waals surface area (Å²) in [7, 11) is 0. The fourth-order valence-electron chi connectivity index (χ4n) is 4.72. The van der Waals surface area contributed by atoms with Crippen LogP contribution < -0.4 is 23.8 Å². The molecule has 12 nitrogen and oxygen atoms in total. The van der Waals surface area contributed by atoms with E-state index in [9.17, 15) is 23.3 Å². The van der Waals surface area contributed by atoms with Crippen molar-refractivity contribution in [3.63, 3.8) is 0 Å². The van der Waals surface area contributed by atoms with Gasteiger partial charge in [-0.3, -0.25) is 4.57 Å². The minimum absolute atomic E-state index is 0. The normalized spacial score (nSPS) is 17.2. The number of aromatic nitrogens is 3. The van der Waals surface area contributed by atoms with Gasteiger partial charge in [0, 0.05) is 49.9 Å². The van der Waals surface area contributed by atoms with Crippen LogP contribution in [0.1, 0.15) is 19.3 Å². The number of aryl methyl sites for hydroxylation is 1. The third-order valence-electron chi connectivity index (χ3n) is 6.73. The average Bonchev–Trinajstić information content (AvgIpc) is 3.56. The predicted molar refractivity (Wildman–Crippen MR) is 144 cm³/mol. The van der Waals surface area contributed by atoms with E-state index in [1.165, 1.54) is 30.5 Å². The zero-order valence-corrected chi connectivity index (χ0v) is 22.7. The van der Waals surface area contributed by atoms with Crippen molar-refractivity contribution in [2.24, 2.45) is 0 Å². The van der Waals surface area contributed by atoms with Gasteiger partial charge in [0.15, 0.2) is 5.58 Å². The second-order valence-electron chi connectivity index (χ2n) is 9.62. The van der Waals surface area contributed by atoms with Gasteiger partial charge in [-0.15, -0.1) is 25.6 Å². The average molecular weight is 612 g/mol. The number of nitrogens with zero attached hydrogens (tertiary/aromatic N) is 5. The number of hydrogen-bond acceptors (Lipinski definition) is 10. The Morgan fingerprint density at radius 2 is 1.71 bits per heavy atom. The summed E-state index contributed by atoms with van der Waals surface area (Å²) in [5.41, 5.74) is 1.24. The van der Waals surface area contributed by atoms with Crippen LogP contribution in [0, 0.1) is 10.1 Å². The zero-order valence-electron chi connectivity index (χ0n) is 21.9. The first-order valence-corrected chi connectivity index (χ1v) is 12.9. The van der Waals surface area contributed by atoms with Crippen LogP contribution in [0.2, 0.25) is 0 Å². The van der Waals surface area contributed by atoms with E-state index in [-0.39, 0.29) is 48.8 Å². The number of hydrogen-bond donors (Lipinski definition) is 0. The molecule has 42 heavy (non-hydrogen) atoms. The van der Waals surface area contributed by atoms with Gasteiger partial charge in [-0.2, -0.15) is 4.98 Å². The minimum atomic E-state index is -4.74. The molecular weight excluding hydrogens is 587 g/mol. The molecule has 0 N–H and O–H groups in total. The van der Waals surface area contributed by atoms with Crippen molar-refractivity contribution in [1.82, 2.24) is 14.5 Å². The topological polar surface area (TPSA) is 127 Å². The number of benzene rings is 2. The molecule has 0 saturated carbocycles. The van der Waals surface area contributed by atoms with Crippen molar-refractivity contribution in [1.29, 1.82) is 0 Å². The van der Waals surface area contributed by atoms with Gasteiger partial charge >= 0.3 is 18.2 Å². The highest BCUT2D eigenvalue weighted by molar-refractivity contribution is 5.85. The molecule has 1 atom stereocenters. The Morgan fingerprint density at radius 1 is 1.00 bits per heavy atom. The maximum atomic E-state index is 12.3. The van der Waals surface area contributed by atoms with E-state index < -0.39 is 11.3 Å². The lowest BCUT2D eigenvalue weighted by Gasteiger charge is -2.31. The van der Waals surface area contributed by atoms with Gasteiger partial charge in [-0.05, 0) is 41.3 Å². The third-order valence-corrected chi connectivity index (χ3v) is 6.73. The van der Waals surface area contributed by atoms with Crippen LogP contribution >= 0.6 is 12.4 Å². The zero-order chi connectivity index (χ0) is 28.6. The first-order chi connectivity index (χ1) is 19.7. The number of rotatable bonds is 8. The molecule has 0 bridgehead atoms. The van der Waals surface area contributed by atoms with E-state index in [4.69, 9.17) is 18.6 Å². The van der Waals surface area contributed by atoms with Crippen molar-refractivity contribution >= 4 is 35.3 Å². The first kappa shape index (κ1) is 29.1. The Bertz CT molecular complexity index is 1540. The molecule has 0 spiro atoms. The summed E-state index contributed by atoms with van der Waals surface area (Å²) < 4.78 is 66.1. The van der Waals surface area contributed by atoms with Gasteiger partial charge in [-0.1, -0.05) is 0 Å². The van der Waals surface area contributed by atoms with Gasteiger partial charge in [0.2, 0.25) is 0 Å². The number of nitro groups is 1. The van der Waals surface area contributed by atoms with E-state index in [2.05, 4.69) is 14.7 Å². The Hall–Kier alpha value is -4.40. The molecule has 0 unspecified atom stereocenters. The van der Waals surface area contributed by atoms with Crippen molar-refractivity contribution in [3.8, 4) is 23.3 Å². The van der Waals surface area contributed by atoms with Crippen molar-refractivity contribution < 1.29 is 41.5 Å². The van der Waals surface area contributed by atoms with Crippen LogP contribution in [0.15, 0.2) is 53.1 Å². The summed E-state index contributed by atoms with van der Waals surface area (Å²) in [6.07, 6.45) is -1.81. The molecule has 224 valence electrons. The summed E-state index contributed by atoms with van der Waals surface area (Å²) in [4.78, 5) is 20.9. The Kier molecular flexibility index (Phi) is 8.20. The van der Waals surface area contributed by atoms with E-state index in [1.54, 1.807) is 22.8 Å². The van der Waals surface area contributed by atoms with Gasteiger partial charge in [-0.25, -0.2) is 0 Å². The number of alkyl halides is 3. The van der Waals surface area contributed by atoms with Gasteiger partial charge in [0.25, 0.3) is 6.01 Å². The maximum Gasteiger partial charge on any atom is 0.573 e. The summed E-state index contributed by atoms with van der Waals surface area (Å²) >= 11 is 0. The number of imidazole rings is 1. The largest absolute Gasteiger partial charge is 0.573 e. The lowest BCUT2D eigenvalue weighted by molar-refractivity contribution is -0.389. The highest BCUT2D eigenvalue weighted by Crippen LogP contribution is 2.30. The first-order valence-electron chi connectivity index (χ1n) is 12.9. The smallest absolute Gasteiger partial charge is 0.490 e. The number of oxazole rings is 1.